The Balaban J connectivity index is 2.22. The predicted molar refractivity (Wildman–Crippen MR) is 65.6 cm³/mol. The van der Waals surface area contributed by atoms with E-state index in [1.165, 1.54) is 23.1 Å². The van der Waals surface area contributed by atoms with Gasteiger partial charge in [0.15, 0.2) is 0 Å². The van der Waals surface area contributed by atoms with Gasteiger partial charge in [0.05, 0.1) is 5.54 Å². The second-order valence-electron chi connectivity index (χ2n) is 4.49. The first-order valence-electron chi connectivity index (χ1n) is 5.58. The fourth-order valence-electron chi connectivity index (χ4n) is 1.75. The zero-order valence-electron chi connectivity index (χ0n) is 10.2. The van der Waals surface area contributed by atoms with Crippen LogP contribution < -0.4 is 5.32 Å². The molecular formula is C13H14FN3O. The summed E-state index contributed by atoms with van der Waals surface area (Å²) in [6.45, 7) is 3.49. The standard InChI is InChI=1S/C13H14FN3O/c1-13(2,10-6-3-4-7-11(10)14)16-12(18)17-9-5-8-15-17/h3-9H,1-2H3,(H,16,18). The van der Waals surface area contributed by atoms with Crippen LogP contribution in [0.15, 0.2) is 42.7 Å². The molecule has 0 unspecified atom stereocenters. The number of amides is 1. The van der Waals surface area contributed by atoms with Crippen molar-refractivity contribution in [2.24, 2.45) is 0 Å². The molecule has 1 aromatic heterocycles. The van der Waals surface area contributed by atoms with Crippen LogP contribution in [-0.2, 0) is 5.54 Å². The van der Waals surface area contributed by atoms with Crippen molar-refractivity contribution in [2.45, 2.75) is 19.4 Å². The number of halogens is 1. The minimum atomic E-state index is -0.811. The van der Waals surface area contributed by atoms with Crippen LogP contribution in [0.2, 0.25) is 0 Å². The van der Waals surface area contributed by atoms with E-state index in [0.717, 1.165) is 0 Å². The van der Waals surface area contributed by atoms with E-state index < -0.39 is 11.6 Å². The highest BCUT2D eigenvalue weighted by atomic mass is 19.1. The number of aromatic nitrogens is 2. The molecule has 0 fully saturated rings. The van der Waals surface area contributed by atoms with Crippen molar-refractivity contribution in [2.75, 3.05) is 0 Å². The van der Waals surface area contributed by atoms with Crippen molar-refractivity contribution in [1.29, 1.82) is 0 Å². The zero-order valence-corrected chi connectivity index (χ0v) is 10.2. The SMILES string of the molecule is CC(C)(NC(=O)n1cccn1)c1ccccc1F. The minimum Gasteiger partial charge on any atom is -0.327 e. The summed E-state index contributed by atoms with van der Waals surface area (Å²) in [5.41, 5.74) is -0.375. The molecule has 0 saturated carbocycles. The van der Waals surface area contributed by atoms with Gasteiger partial charge in [-0.1, -0.05) is 18.2 Å². The molecule has 0 aliphatic rings. The quantitative estimate of drug-likeness (QED) is 0.886. The first-order valence-corrected chi connectivity index (χ1v) is 5.58. The third-order valence-corrected chi connectivity index (χ3v) is 2.68. The maximum Gasteiger partial charge on any atom is 0.342 e. The molecule has 0 saturated heterocycles. The zero-order chi connectivity index (χ0) is 13.2. The number of hydrogen-bond acceptors (Lipinski definition) is 2. The van der Waals surface area contributed by atoms with Gasteiger partial charge in [-0.05, 0) is 26.0 Å². The Bertz CT molecular complexity index is 549. The van der Waals surface area contributed by atoms with Gasteiger partial charge in [-0.2, -0.15) is 9.78 Å². The molecule has 1 N–H and O–H groups in total. The van der Waals surface area contributed by atoms with E-state index in [0.29, 0.717) is 5.56 Å². The molecule has 0 aliphatic heterocycles. The van der Waals surface area contributed by atoms with E-state index in [4.69, 9.17) is 0 Å². The second kappa shape index (κ2) is 4.60. The van der Waals surface area contributed by atoms with Crippen molar-refractivity contribution >= 4 is 6.03 Å². The van der Waals surface area contributed by atoms with E-state index in [2.05, 4.69) is 10.4 Å². The summed E-state index contributed by atoms with van der Waals surface area (Å²) < 4.78 is 14.9. The molecule has 0 radical (unpaired) electrons. The third kappa shape index (κ3) is 2.40. The van der Waals surface area contributed by atoms with Crippen LogP contribution in [-0.4, -0.2) is 15.8 Å². The van der Waals surface area contributed by atoms with Gasteiger partial charge < -0.3 is 5.32 Å². The fourth-order valence-corrected chi connectivity index (χ4v) is 1.75. The van der Waals surface area contributed by atoms with Crippen molar-refractivity contribution in [3.05, 3.63) is 54.1 Å². The molecular weight excluding hydrogens is 233 g/mol. The lowest BCUT2D eigenvalue weighted by Crippen LogP contribution is -2.43. The van der Waals surface area contributed by atoms with Gasteiger partial charge in [-0.15, -0.1) is 0 Å². The highest BCUT2D eigenvalue weighted by Gasteiger charge is 2.26. The average Bonchev–Trinajstić information content (AvgIpc) is 2.82. The highest BCUT2D eigenvalue weighted by molar-refractivity contribution is 5.76. The summed E-state index contributed by atoms with van der Waals surface area (Å²) in [7, 11) is 0. The lowest BCUT2D eigenvalue weighted by atomic mass is 9.94. The molecule has 18 heavy (non-hydrogen) atoms. The summed E-state index contributed by atoms with van der Waals surface area (Å²) in [4.78, 5) is 11.9. The Morgan fingerprint density at radius 3 is 2.67 bits per heavy atom. The first-order chi connectivity index (χ1) is 8.50. The summed E-state index contributed by atoms with van der Waals surface area (Å²) in [6, 6.07) is 7.63. The van der Waals surface area contributed by atoms with Gasteiger partial charge >= 0.3 is 6.03 Å². The van der Waals surface area contributed by atoms with Crippen molar-refractivity contribution in [3.63, 3.8) is 0 Å². The van der Waals surface area contributed by atoms with Crippen molar-refractivity contribution in [1.82, 2.24) is 15.1 Å². The van der Waals surface area contributed by atoms with Crippen LogP contribution in [0.1, 0.15) is 19.4 Å². The first kappa shape index (κ1) is 12.3. The Kier molecular flexibility index (Phi) is 3.14. The molecule has 0 bridgehead atoms. The normalized spacial score (nSPS) is 11.3. The van der Waals surface area contributed by atoms with Gasteiger partial charge in [0.2, 0.25) is 0 Å². The van der Waals surface area contributed by atoms with E-state index in [9.17, 15) is 9.18 Å². The summed E-state index contributed by atoms with van der Waals surface area (Å²) in [5.74, 6) is -0.344. The van der Waals surface area contributed by atoms with Crippen LogP contribution in [0.25, 0.3) is 0 Å². The molecule has 0 spiro atoms. The molecule has 0 atom stereocenters. The van der Waals surface area contributed by atoms with Gasteiger partial charge in [0.1, 0.15) is 5.82 Å². The molecule has 0 aliphatic carbocycles. The smallest absolute Gasteiger partial charge is 0.327 e. The lowest BCUT2D eigenvalue weighted by molar-refractivity contribution is 0.228. The predicted octanol–water partition coefficient (Wildman–Crippen LogP) is 2.52. The van der Waals surface area contributed by atoms with Gasteiger partial charge in [0, 0.05) is 18.0 Å². The Morgan fingerprint density at radius 2 is 2.06 bits per heavy atom. The second-order valence-corrected chi connectivity index (χ2v) is 4.49. The molecule has 1 heterocycles. The fraction of sp³-hybridized carbons (Fsp3) is 0.231. The molecule has 1 aromatic carbocycles. The minimum absolute atomic E-state index is 0.344. The number of carbonyl (C=O) groups excluding carboxylic acids is 1. The van der Waals surface area contributed by atoms with Crippen molar-refractivity contribution in [3.8, 4) is 0 Å². The lowest BCUT2D eigenvalue weighted by Gasteiger charge is -2.26. The largest absolute Gasteiger partial charge is 0.342 e. The molecule has 5 heteroatoms. The van der Waals surface area contributed by atoms with Crippen LogP contribution >= 0.6 is 0 Å². The molecule has 1 amide bonds. The summed E-state index contributed by atoms with van der Waals surface area (Å²) in [5, 5.41) is 6.56. The number of carbonyl (C=O) groups is 1. The number of benzene rings is 1. The van der Waals surface area contributed by atoms with Crippen LogP contribution in [0.3, 0.4) is 0 Å². The average molecular weight is 247 g/mol. The molecule has 2 aromatic rings. The van der Waals surface area contributed by atoms with Gasteiger partial charge in [-0.3, -0.25) is 0 Å². The van der Waals surface area contributed by atoms with Crippen LogP contribution in [0, 0.1) is 5.82 Å². The number of nitrogens with one attached hydrogen (secondary N) is 1. The Hall–Kier alpha value is -2.17. The van der Waals surface area contributed by atoms with Crippen LogP contribution in [0.5, 0.6) is 0 Å². The third-order valence-electron chi connectivity index (χ3n) is 2.68. The molecule has 2 rings (SSSR count). The number of nitrogens with zero attached hydrogens (tertiary/aromatic N) is 2. The summed E-state index contributed by atoms with van der Waals surface area (Å²) >= 11 is 0. The Labute approximate surface area is 104 Å². The maximum absolute atomic E-state index is 13.7. The summed E-state index contributed by atoms with van der Waals surface area (Å²) in [6.07, 6.45) is 3.04. The molecule has 4 nitrogen and oxygen atoms in total. The number of hydrogen-bond donors (Lipinski definition) is 1. The maximum atomic E-state index is 13.7. The van der Waals surface area contributed by atoms with E-state index >= 15 is 0 Å². The monoisotopic (exact) mass is 247 g/mol. The van der Waals surface area contributed by atoms with E-state index in [1.807, 2.05) is 0 Å². The van der Waals surface area contributed by atoms with Crippen molar-refractivity contribution < 1.29 is 9.18 Å². The molecule has 94 valence electrons. The topological polar surface area (TPSA) is 46.9 Å². The van der Waals surface area contributed by atoms with Gasteiger partial charge in [0.25, 0.3) is 0 Å². The van der Waals surface area contributed by atoms with E-state index in [1.54, 1.807) is 38.1 Å². The van der Waals surface area contributed by atoms with Gasteiger partial charge in [-0.25, -0.2) is 9.18 Å². The van der Waals surface area contributed by atoms with E-state index in [-0.39, 0.29) is 5.82 Å². The van der Waals surface area contributed by atoms with Crippen LogP contribution in [0.4, 0.5) is 9.18 Å². The highest BCUT2D eigenvalue weighted by Crippen LogP contribution is 2.22. The number of rotatable bonds is 2. The Morgan fingerprint density at radius 1 is 1.33 bits per heavy atom.